The largest absolute Gasteiger partial charge is 0.493 e. The molecular weight excluding hydrogens is 254 g/mol. The monoisotopic (exact) mass is 263 g/mol. The highest BCUT2D eigenvalue weighted by Gasteiger charge is 2.20. The second-order valence-electron chi connectivity index (χ2n) is 4.11. The normalized spacial score (nSPS) is 13.2. The summed E-state index contributed by atoms with van der Waals surface area (Å²) in [7, 11) is 0. The summed E-state index contributed by atoms with van der Waals surface area (Å²) in [6.45, 7) is 0.640. The van der Waals surface area contributed by atoms with Crippen LogP contribution in [0.5, 0.6) is 5.75 Å². The molecule has 0 atom stereocenters. The molecule has 0 radical (unpaired) electrons. The SMILES string of the molecule is O=C(Cc1cc(Cl)cc2c1OCC2)c1cn[nH]n1. The molecule has 0 saturated carbocycles. The van der Waals surface area contributed by atoms with E-state index >= 15 is 0 Å². The minimum absolute atomic E-state index is 0.108. The van der Waals surface area contributed by atoms with Gasteiger partial charge in [-0.2, -0.15) is 15.4 Å². The average Bonchev–Trinajstić information content (AvgIpc) is 2.98. The summed E-state index contributed by atoms with van der Waals surface area (Å²) in [6, 6.07) is 3.65. The third-order valence-electron chi connectivity index (χ3n) is 2.88. The van der Waals surface area contributed by atoms with Crippen molar-refractivity contribution in [3.05, 3.63) is 40.2 Å². The molecule has 0 unspecified atom stereocenters. The van der Waals surface area contributed by atoms with Crippen molar-refractivity contribution in [3.8, 4) is 5.75 Å². The van der Waals surface area contributed by atoms with Crippen LogP contribution in [0.3, 0.4) is 0 Å². The smallest absolute Gasteiger partial charge is 0.189 e. The molecule has 0 fully saturated rings. The van der Waals surface area contributed by atoms with E-state index < -0.39 is 0 Å². The molecule has 1 aromatic heterocycles. The number of benzene rings is 1. The van der Waals surface area contributed by atoms with Crippen molar-refractivity contribution in [2.75, 3.05) is 6.61 Å². The van der Waals surface area contributed by atoms with Crippen LogP contribution in [-0.2, 0) is 12.8 Å². The molecule has 1 aliphatic rings. The highest BCUT2D eigenvalue weighted by Crippen LogP contribution is 2.33. The van der Waals surface area contributed by atoms with Crippen LogP contribution in [0.1, 0.15) is 21.6 Å². The lowest BCUT2D eigenvalue weighted by atomic mass is 10.0. The van der Waals surface area contributed by atoms with Gasteiger partial charge in [0.1, 0.15) is 11.4 Å². The van der Waals surface area contributed by atoms with Crippen LogP contribution in [0.4, 0.5) is 0 Å². The molecule has 0 bridgehead atoms. The first-order valence-corrected chi connectivity index (χ1v) is 5.95. The van der Waals surface area contributed by atoms with Gasteiger partial charge in [0.05, 0.1) is 12.8 Å². The lowest BCUT2D eigenvalue weighted by Gasteiger charge is -2.07. The van der Waals surface area contributed by atoms with Gasteiger partial charge in [-0.3, -0.25) is 4.79 Å². The number of aromatic nitrogens is 3. The number of carbonyl (C=O) groups excluding carboxylic acids is 1. The quantitative estimate of drug-likeness (QED) is 0.858. The first kappa shape index (κ1) is 11.2. The summed E-state index contributed by atoms with van der Waals surface area (Å²) < 4.78 is 5.55. The third-order valence-corrected chi connectivity index (χ3v) is 3.10. The first-order chi connectivity index (χ1) is 8.74. The molecule has 5 nitrogen and oxygen atoms in total. The summed E-state index contributed by atoms with van der Waals surface area (Å²) in [5.41, 5.74) is 2.19. The van der Waals surface area contributed by atoms with Crippen LogP contribution in [-0.4, -0.2) is 27.8 Å². The predicted molar refractivity (Wildman–Crippen MR) is 65.1 cm³/mol. The van der Waals surface area contributed by atoms with Crippen molar-refractivity contribution in [1.82, 2.24) is 15.4 Å². The number of nitrogens with zero attached hydrogens (tertiary/aromatic N) is 2. The van der Waals surface area contributed by atoms with Crippen molar-refractivity contribution in [2.45, 2.75) is 12.8 Å². The van der Waals surface area contributed by atoms with Gasteiger partial charge in [-0.05, 0) is 17.7 Å². The van der Waals surface area contributed by atoms with Gasteiger partial charge in [-0.25, -0.2) is 0 Å². The Morgan fingerprint density at radius 1 is 1.50 bits per heavy atom. The fourth-order valence-electron chi connectivity index (χ4n) is 2.08. The highest BCUT2D eigenvalue weighted by atomic mass is 35.5. The van der Waals surface area contributed by atoms with Crippen LogP contribution >= 0.6 is 11.6 Å². The maximum atomic E-state index is 12.0. The number of ether oxygens (including phenoxy) is 1. The maximum absolute atomic E-state index is 12.0. The molecule has 0 aliphatic carbocycles. The van der Waals surface area contributed by atoms with Gasteiger partial charge in [0.2, 0.25) is 0 Å². The van der Waals surface area contributed by atoms with Gasteiger partial charge in [0, 0.05) is 23.4 Å². The lowest BCUT2D eigenvalue weighted by molar-refractivity contribution is 0.0987. The standard InChI is InChI=1S/C12H10ClN3O2/c13-9-3-7-1-2-18-12(7)8(4-9)5-11(17)10-6-14-16-15-10/h3-4,6H,1-2,5H2,(H,14,15,16). The molecule has 0 spiro atoms. The van der Waals surface area contributed by atoms with Crippen LogP contribution in [0.25, 0.3) is 0 Å². The number of fused-ring (bicyclic) bond motifs is 1. The van der Waals surface area contributed by atoms with E-state index in [2.05, 4.69) is 15.4 Å². The number of aromatic amines is 1. The van der Waals surface area contributed by atoms with Gasteiger partial charge < -0.3 is 4.74 Å². The lowest BCUT2D eigenvalue weighted by Crippen LogP contribution is -2.05. The molecule has 2 aromatic rings. The number of carbonyl (C=O) groups is 1. The molecule has 18 heavy (non-hydrogen) atoms. The van der Waals surface area contributed by atoms with Crippen molar-refractivity contribution in [2.24, 2.45) is 0 Å². The number of hydrogen-bond acceptors (Lipinski definition) is 4. The summed E-state index contributed by atoms with van der Waals surface area (Å²) in [5.74, 6) is 0.681. The minimum atomic E-state index is -0.108. The van der Waals surface area contributed by atoms with E-state index in [0.717, 1.165) is 23.3 Å². The topological polar surface area (TPSA) is 67.9 Å². The van der Waals surface area contributed by atoms with Crippen molar-refractivity contribution in [3.63, 3.8) is 0 Å². The summed E-state index contributed by atoms with van der Waals surface area (Å²) in [4.78, 5) is 12.0. The number of Topliss-reactive ketones (excluding diaryl/α,β-unsaturated/α-hetero) is 1. The summed E-state index contributed by atoms with van der Waals surface area (Å²) >= 11 is 6.04. The minimum Gasteiger partial charge on any atom is -0.493 e. The van der Waals surface area contributed by atoms with Gasteiger partial charge >= 0.3 is 0 Å². The van der Waals surface area contributed by atoms with Crippen molar-refractivity contribution in [1.29, 1.82) is 0 Å². The number of ketones is 1. The van der Waals surface area contributed by atoms with Crippen LogP contribution < -0.4 is 4.74 Å². The number of halogens is 1. The fourth-order valence-corrected chi connectivity index (χ4v) is 2.34. The van der Waals surface area contributed by atoms with E-state index in [1.807, 2.05) is 6.07 Å². The van der Waals surface area contributed by atoms with Crippen LogP contribution in [0.15, 0.2) is 18.3 Å². The Morgan fingerprint density at radius 3 is 3.17 bits per heavy atom. The molecule has 92 valence electrons. The Hall–Kier alpha value is -1.88. The van der Waals surface area contributed by atoms with E-state index in [4.69, 9.17) is 16.3 Å². The highest BCUT2D eigenvalue weighted by molar-refractivity contribution is 6.30. The second-order valence-corrected chi connectivity index (χ2v) is 4.54. The zero-order chi connectivity index (χ0) is 12.5. The van der Waals surface area contributed by atoms with E-state index in [0.29, 0.717) is 17.3 Å². The summed E-state index contributed by atoms with van der Waals surface area (Å²) in [6.07, 6.45) is 2.46. The van der Waals surface area contributed by atoms with E-state index in [-0.39, 0.29) is 12.2 Å². The van der Waals surface area contributed by atoms with Gasteiger partial charge in [0.15, 0.2) is 5.78 Å². The van der Waals surface area contributed by atoms with Gasteiger partial charge in [-0.15, -0.1) is 0 Å². The number of hydrogen-bond donors (Lipinski definition) is 1. The number of nitrogens with one attached hydrogen (secondary N) is 1. The Labute approximate surface area is 108 Å². The molecular formula is C12H10ClN3O2. The van der Waals surface area contributed by atoms with Crippen molar-refractivity contribution < 1.29 is 9.53 Å². The van der Waals surface area contributed by atoms with Gasteiger partial charge in [0.25, 0.3) is 0 Å². The predicted octanol–water partition coefficient (Wildman–Crippen LogP) is 1.82. The van der Waals surface area contributed by atoms with E-state index in [1.165, 1.54) is 6.20 Å². The molecule has 1 aliphatic heterocycles. The number of rotatable bonds is 3. The first-order valence-electron chi connectivity index (χ1n) is 5.57. The fraction of sp³-hybridized carbons (Fsp3) is 0.250. The Morgan fingerprint density at radius 2 is 2.39 bits per heavy atom. The number of H-pyrrole nitrogens is 1. The van der Waals surface area contributed by atoms with E-state index in [1.54, 1.807) is 6.07 Å². The zero-order valence-electron chi connectivity index (χ0n) is 9.44. The summed E-state index contributed by atoms with van der Waals surface area (Å²) in [5, 5.41) is 10.4. The second kappa shape index (κ2) is 4.42. The van der Waals surface area contributed by atoms with Crippen LogP contribution in [0, 0.1) is 0 Å². The Bertz CT molecular complexity index is 596. The van der Waals surface area contributed by atoms with Crippen LogP contribution in [0.2, 0.25) is 5.02 Å². The molecule has 0 amide bonds. The molecule has 1 aromatic carbocycles. The average molecular weight is 264 g/mol. The molecule has 1 N–H and O–H groups in total. The Kier molecular flexibility index (Phi) is 2.76. The third kappa shape index (κ3) is 1.97. The zero-order valence-corrected chi connectivity index (χ0v) is 10.2. The van der Waals surface area contributed by atoms with E-state index in [9.17, 15) is 4.79 Å². The molecule has 0 saturated heterocycles. The molecule has 2 heterocycles. The Balaban J connectivity index is 1.91. The van der Waals surface area contributed by atoms with Crippen molar-refractivity contribution >= 4 is 17.4 Å². The van der Waals surface area contributed by atoms with Gasteiger partial charge in [-0.1, -0.05) is 11.6 Å². The maximum Gasteiger partial charge on any atom is 0.189 e. The molecule has 6 heteroatoms. The molecule has 3 rings (SSSR count).